The highest BCUT2D eigenvalue weighted by Crippen LogP contribution is 2.30. The van der Waals surface area contributed by atoms with Gasteiger partial charge in [-0.05, 0) is 45.0 Å². The normalized spacial score (nSPS) is 13.8. The molecular formula is C16H24F3N3O2. The summed E-state index contributed by atoms with van der Waals surface area (Å²) in [6.45, 7) is 6.62. The first kappa shape index (κ1) is 20.1. The maximum atomic E-state index is 12.5. The lowest BCUT2D eigenvalue weighted by Crippen LogP contribution is -2.41. The number of alkyl halides is 3. The molecule has 1 aromatic carbocycles. The molecule has 0 heterocycles. The van der Waals surface area contributed by atoms with E-state index in [9.17, 15) is 18.3 Å². The Bertz CT molecular complexity index is 516. The highest BCUT2D eigenvalue weighted by atomic mass is 19.4. The van der Waals surface area contributed by atoms with Gasteiger partial charge in [0.1, 0.15) is 18.5 Å². The lowest BCUT2D eigenvalue weighted by molar-refractivity contribution is -0.137. The van der Waals surface area contributed by atoms with Crippen molar-refractivity contribution in [2.24, 2.45) is 4.99 Å². The highest BCUT2D eigenvalue weighted by molar-refractivity contribution is 5.79. The van der Waals surface area contributed by atoms with Gasteiger partial charge in [0.15, 0.2) is 5.96 Å². The zero-order chi connectivity index (χ0) is 18.2. The first-order valence-corrected chi connectivity index (χ1v) is 7.75. The Hall–Kier alpha value is -1.96. The van der Waals surface area contributed by atoms with Gasteiger partial charge < -0.3 is 20.5 Å². The van der Waals surface area contributed by atoms with E-state index in [0.717, 1.165) is 12.1 Å². The fourth-order valence-electron chi connectivity index (χ4n) is 1.78. The van der Waals surface area contributed by atoms with Crippen LogP contribution in [0.1, 0.15) is 26.3 Å². The van der Waals surface area contributed by atoms with Gasteiger partial charge in [0.2, 0.25) is 0 Å². The quantitative estimate of drug-likeness (QED) is 0.523. The molecule has 3 N–H and O–H groups in total. The van der Waals surface area contributed by atoms with Crippen LogP contribution >= 0.6 is 0 Å². The summed E-state index contributed by atoms with van der Waals surface area (Å²) in [4.78, 5) is 4.23. The van der Waals surface area contributed by atoms with Gasteiger partial charge in [-0.2, -0.15) is 13.2 Å². The van der Waals surface area contributed by atoms with Gasteiger partial charge in [-0.3, -0.25) is 4.99 Å². The van der Waals surface area contributed by atoms with Crippen molar-refractivity contribution in [1.29, 1.82) is 0 Å². The van der Waals surface area contributed by atoms with E-state index in [0.29, 0.717) is 12.5 Å². The van der Waals surface area contributed by atoms with Crippen molar-refractivity contribution in [3.8, 4) is 5.75 Å². The topological polar surface area (TPSA) is 65.9 Å². The Morgan fingerprint density at radius 2 is 1.88 bits per heavy atom. The number of benzene rings is 1. The standard InChI is InChI=1S/C16H24F3N3O2/c1-4-20-15(22-11(2)3)21-9-13(23)10-24-14-7-5-12(6-8-14)16(17,18)19/h5-8,11,13,23H,4,9-10H2,1-3H3,(H2,20,21,22). The number of aliphatic hydroxyl groups is 1. The van der Waals surface area contributed by atoms with Crippen LogP contribution in [0.25, 0.3) is 0 Å². The molecule has 0 aliphatic carbocycles. The van der Waals surface area contributed by atoms with Crippen molar-refractivity contribution < 1.29 is 23.0 Å². The van der Waals surface area contributed by atoms with Gasteiger partial charge in [0.25, 0.3) is 0 Å². The largest absolute Gasteiger partial charge is 0.491 e. The molecule has 0 aromatic heterocycles. The molecule has 0 bridgehead atoms. The third kappa shape index (κ3) is 7.54. The van der Waals surface area contributed by atoms with E-state index in [-0.39, 0.29) is 24.9 Å². The fraction of sp³-hybridized carbons (Fsp3) is 0.562. The molecule has 0 radical (unpaired) electrons. The minimum Gasteiger partial charge on any atom is -0.491 e. The van der Waals surface area contributed by atoms with Crippen LogP contribution in [-0.2, 0) is 6.18 Å². The zero-order valence-corrected chi connectivity index (χ0v) is 14.0. The molecule has 8 heteroatoms. The second kappa shape index (κ2) is 9.36. The molecule has 0 saturated carbocycles. The average Bonchev–Trinajstić information content (AvgIpc) is 2.50. The van der Waals surface area contributed by atoms with Gasteiger partial charge in [0, 0.05) is 12.6 Å². The Labute approximate surface area is 139 Å². The third-order valence-electron chi connectivity index (χ3n) is 2.85. The molecule has 1 atom stereocenters. The van der Waals surface area contributed by atoms with Crippen molar-refractivity contribution in [3.63, 3.8) is 0 Å². The molecule has 24 heavy (non-hydrogen) atoms. The Morgan fingerprint density at radius 3 is 2.38 bits per heavy atom. The van der Waals surface area contributed by atoms with Gasteiger partial charge in [-0.1, -0.05) is 0 Å². The minimum atomic E-state index is -4.38. The zero-order valence-electron chi connectivity index (χ0n) is 14.0. The first-order chi connectivity index (χ1) is 11.2. The van der Waals surface area contributed by atoms with Crippen molar-refractivity contribution in [2.45, 2.75) is 39.1 Å². The number of halogens is 3. The van der Waals surface area contributed by atoms with Gasteiger partial charge in [0.05, 0.1) is 12.1 Å². The van der Waals surface area contributed by atoms with E-state index in [2.05, 4.69) is 15.6 Å². The second-order valence-corrected chi connectivity index (χ2v) is 5.51. The molecule has 0 aliphatic heterocycles. The Balaban J connectivity index is 2.49. The molecule has 5 nitrogen and oxygen atoms in total. The summed E-state index contributed by atoms with van der Waals surface area (Å²) in [5, 5.41) is 16.0. The van der Waals surface area contributed by atoms with Crippen LogP contribution in [0.5, 0.6) is 5.75 Å². The number of nitrogens with zero attached hydrogens (tertiary/aromatic N) is 1. The summed E-state index contributed by atoms with van der Waals surface area (Å²) in [6, 6.07) is 4.53. The predicted octanol–water partition coefficient (Wildman–Crippen LogP) is 2.41. The van der Waals surface area contributed by atoms with E-state index >= 15 is 0 Å². The molecule has 136 valence electrons. The second-order valence-electron chi connectivity index (χ2n) is 5.51. The first-order valence-electron chi connectivity index (χ1n) is 7.75. The van der Waals surface area contributed by atoms with E-state index in [4.69, 9.17) is 4.74 Å². The van der Waals surface area contributed by atoms with Crippen LogP contribution in [-0.4, -0.2) is 42.9 Å². The lowest BCUT2D eigenvalue weighted by Gasteiger charge is -2.15. The van der Waals surface area contributed by atoms with E-state index < -0.39 is 17.8 Å². The summed E-state index contributed by atoms with van der Waals surface area (Å²) in [7, 11) is 0. The number of rotatable bonds is 7. The molecule has 1 rings (SSSR count). The number of nitrogens with one attached hydrogen (secondary N) is 2. The molecule has 0 saturated heterocycles. The summed E-state index contributed by atoms with van der Waals surface area (Å²) in [5.74, 6) is 0.847. The molecule has 0 spiro atoms. The number of aliphatic hydroxyl groups excluding tert-OH is 1. The fourth-order valence-corrected chi connectivity index (χ4v) is 1.78. The van der Waals surface area contributed by atoms with E-state index in [1.54, 1.807) is 0 Å². The van der Waals surface area contributed by atoms with Gasteiger partial charge in [-0.15, -0.1) is 0 Å². The monoisotopic (exact) mass is 347 g/mol. The van der Waals surface area contributed by atoms with Crippen LogP contribution in [0, 0.1) is 0 Å². The number of ether oxygens (including phenoxy) is 1. The van der Waals surface area contributed by atoms with Gasteiger partial charge in [-0.25, -0.2) is 0 Å². The van der Waals surface area contributed by atoms with Crippen molar-refractivity contribution >= 4 is 5.96 Å². The molecule has 0 fully saturated rings. The van der Waals surface area contributed by atoms with Crippen molar-refractivity contribution in [3.05, 3.63) is 29.8 Å². The van der Waals surface area contributed by atoms with Crippen molar-refractivity contribution in [2.75, 3.05) is 19.7 Å². The highest BCUT2D eigenvalue weighted by Gasteiger charge is 2.30. The van der Waals surface area contributed by atoms with E-state index in [1.807, 2.05) is 20.8 Å². The van der Waals surface area contributed by atoms with Crippen LogP contribution < -0.4 is 15.4 Å². The predicted molar refractivity (Wildman–Crippen MR) is 87.2 cm³/mol. The number of hydrogen-bond donors (Lipinski definition) is 3. The van der Waals surface area contributed by atoms with Crippen LogP contribution in [0.3, 0.4) is 0 Å². The number of hydrogen-bond acceptors (Lipinski definition) is 3. The molecule has 0 amide bonds. The number of aliphatic imine (C=N–C) groups is 1. The Morgan fingerprint density at radius 1 is 1.25 bits per heavy atom. The summed E-state index contributed by atoms with van der Waals surface area (Å²) < 4.78 is 42.6. The molecule has 1 aromatic rings. The minimum absolute atomic E-state index is 0.0596. The smallest absolute Gasteiger partial charge is 0.416 e. The summed E-state index contributed by atoms with van der Waals surface area (Å²) in [5.41, 5.74) is -0.741. The third-order valence-corrected chi connectivity index (χ3v) is 2.85. The maximum Gasteiger partial charge on any atom is 0.416 e. The number of guanidine groups is 1. The van der Waals surface area contributed by atoms with E-state index in [1.165, 1.54) is 12.1 Å². The molecule has 1 unspecified atom stereocenters. The van der Waals surface area contributed by atoms with Crippen LogP contribution in [0.4, 0.5) is 13.2 Å². The summed E-state index contributed by atoms with van der Waals surface area (Å²) in [6.07, 6.45) is -5.24. The van der Waals surface area contributed by atoms with Crippen LogP contribution in [0.15, 0.2) is 29.3 Å². The van der Waals surface area contributed by atoms with Crippen LogP contribution in [0.2, 0.25) is 0 Å². The van der Waals surface area contributed by atoms with Crippen molar-refractivity contribution in [1.82, 2.24) is 10.6 Å². The summed E-state index contributed by atoms with van der Waals surface area (Å²) >= 11 is 0. The SMILES string of the molecule is CCNC(=NCC(O)COc1ccc(C(F)(F)F)cc1)NC(C)C. The Kier molecular flexibility index (Phi) is 7.84. The average molecular weight is 347 g/mol. The lowest BCUT2D eigenvalue weighted by atomic mass is 10.2. The molecular weight excluding hydrogens is 323 g/mol. The van der Waals surface area contributed by atoms with Gasteiger partial charge >= 0.3 is 6.18 Å². The molecule has 0 aliphatic rings. The maximum absolute atomic E-state index is 12.5.